The van der Waals surface area contributed by atoms with Crippen LogP contribution >= 0.6 is 0 Å². The van der Waals surface area contributed by atoms with Gasteiger partial charge in [0.1, 0.15) is 0 Å². The van der Waals surface area contributed by atoms with Crippen LogP contribution in [0, 0.1) is 6.92 Å². The van der Waals surface area contributed by atoms with Crippen LogP contribution in [0.1, 0.15) is 30.7 Å². The standard InChI is InChI=1S/C25H24N2O2/c1-16(2)23-20(14-22-17(3)19-12-8-9-13-21(19)26(22)4)24(28)27(25(23)29)15-18-10-6-5-7-11-18/h5-14H,15H2,1-4H3/b20-14-. The van der Waals surface area contributed by atoms with Gasteiger partial charge in [0.25, 0.3) is 11.8 Å². The molecule has 4 heteroatoms. The van der Waals surface area contributed by atoms with Gasteiger partial charge in [0, 0.05) is 23.6 Å². The predicted molar refractivity (Wildman–Crippen MR) is 116 cm³/mol. The van der Waals surface area contributed by atoms with Crippen molar-refractivity contribution in [2.24, 2.45) is 7.05 Å². The third-order valence-corrected chi connectivity index (χ3v) is 5.58. The smallest absolute Gasteiger partial charge is 0.261 e. The van der Waals surface area contributed by atoms with Crippen LogP contribution in [0.3, 0.4) is 0 Å². The maximum absolute atomic E-state index is 13.3. The summed E-state index contributed by atoms with van der Waals surface area (Å²) in [5.41, 5.74) is 5.92. The van der Waals surface area contributed by atoms with E-state index in [-0.39, 0.29) is 18.4 Å². The van der Waals surface area contributed by atoms with E-state index in [2.05, 4.69) is 23.6 Å². The fourth-order valence-electron chi connectivity index (χ4n) is 4.07. The summed E-state index contributed by atoms with van der Waals surface area (Å²) in [7, 11) is 1.99. The molecule has 0 spiro atoms. The maximum Gasteiger partial charge on any atom is 0.261 e. The third kappa shape index (κ3) is 3.11. The van der Waals surface area contributed by atoms with Gasteiger partial charge in [-0.2, -0.15) is 0 Å². The third-order valence-electron chi connectivity index (χ3n) is 5.58. The van der Waals surface area contributed by atoms with Crippen LogP contribution in [0.15, 0.2) is 71.3 Å². The molecular formula is C25H24N2O2. The first-order valence-electron chi connectivity index (χ1n) is 9.74. The Labute approximate surface area is 170 Å². The van der Waals surface area contributed by atoms with Gasteiger partial charge in [-0.1, -0.05) is 54.1 Å². The van der Waals surface area contributed by atoms with Gasteiger partial charge in [0.05, 0.1) is 17.7 Å². The summed E-state index contributed by atoms with van der Waals surface area (Å²) in [6, 6.07) is 17.8. The number of amides is 2. The van der Waals surface area contributed by atoms with Gasteiger partial charge in [0.2, 0.25) is 0 Å². The molecule has 29 heavy (non-hydrogen) atoms. The van der Waals surface area contributed by atoms with Crippen LogP contribution in [0.2, 0.25) is 0 Å². The lowest BCUT2D eigenvalue weighted by Gasteiger charge is -2.13. The molecule has 0 bridgehead atoms. The Morgan fingerprint density at radius 3 is 2.24 bits per heavy atom. The summed E-state index contributed by atoms with van der Waals surface area (Å²) in [6.45, 7) is 6.10. The lowest BCUT2D eigenvalue weighted by atomic mass is 10.0. The molecule has 0 radical (unpaired) electrons. The van der Waals surface area contributed by atoms with Crippen LogP contribution in [0.4, 0.5) is 0 Å². The lowest BCUT2D eigenvalue weighted by Crippen LogP contribution is -2.29. The number of benzene rings is 2. The number of rotatable bonds is 3. The highest BCUT2D eigenvalue weighted by atomic mass is 16.2. The minimum Gasteiger partial charge on any atom is -0.344 e. The summed E-state index contributed by atoms with van der Waals surface area (Å²) < 4.78 is 2.08. The monoisotopic (exact) mass is 384 g/mol. The Balaban J connectivity index is 1.83. The molecule has 2 heterocycles. The molecule has 4 rings (SSSR count). The number of aryl methyl sites for hydroxylation is 2. The second-order valence-electron chi connectivity index (χ2n) is 7.70. The Hall–Kier alpha value is -3.40. The van der Waals surface area contributed by atoms with Crippen LogP contribution < -0.4 is 0 Å². The molecule has 1 saturated heterocycles. The van der Waals surface area contributed by atoms with Gasteiger partial charge in [0.15, 0.2) is 0 Å². The highest BCUT2D eigenvalue weighted by Gasteiger charge is 2.39. The number of hydrogen-bond acceptors (Lipinski definition) is 2. The van der Waals surface area contributed by atoms with E-state index in [9.17, 15) is 9.59 Å². The van der Waals surface area contributed by atoms with Gasteiger partial charge in [-0.25, -0.2) is 0 Å². The minimum absolute atomic E-state index is 0.221. The SMILES string of the molecule is CC(C)=C1C(=O)N(Cc2ccccc2)C(=O)/C1=C\c1c(C)c2ccccc2n1C. The van der Waals surface area contributed by atoms with E-state index in [4.69, 9.17) is 0 Å². The van der Waals surface area contributed by atoms with Gasteiger partial charge >= 0.3 is 0 Å². The minimum atomic E-state index is -0.236. The topological polar surface area (TPSA) is 42.3 Å². The first kappa shape index (κ1) is 18.9. The molecule has 3 aromatic rings. The highest BCUT2D eigenvalue weighted by Crippen LogP contribution is 2.33. The highest BCUT2D eigenvalue weighted by molar-refractivity contribution is 6.26. The Morgan fingerprint density at radius 1 is 0.931 bits per heavy atom. The Bertz CT molecular complexity index is 1150. The average molecular weight is 384 g/mol. The van der Waals surface area contributed by atoms with Crippen molar-refractivity contribution in [3.63, 3.8) is 0 Å². The fraction of sp³-hybridized carbons (Fsp3) is 0.200. The molecule has 0 unspecified atom stereocenters. The number of fused-ring (bicyclic) bond motifs is 1. The molecule has 2 amide bonds. The van der Waals surface area contributed by atoms with Crippen molar-refractivity contribution >= 4 is 28.8 Å². The van der Waals surface area contributed by atoms with E-state index in [0.29, 0.717) is 11.1 Å². The Morgan fingerprint density at radius 2 is 1.59 bits per heavy atom. The number of carbonyl (C=O) groups is 2. The van der Waals surface area contributed by atoms with Crippen molar-refractivity contribution in [2.75, 3.05) is 0 Å². The summed E-state index contributed by atoms with van der Waals surface area (Å²) in [6.07, 6.45) is 1.88. The lowest BCUT2D eigenvalue weighted by molar-refractivity contribution is -0.137. The molecule has 0 aliphatic carbocycles. The molecule has 1 aliphatic heterocycles. The quantitative estimate of drug-likeness (QED) is 0.482. The molecule has 1 aromatic heterocycles. The molecule has 1 aliphatic rings. The van der Waals surface area contributed by atoms with E-state index in [1.54, 1.807) is 0 Å². The number of para-hydroxylation sites is 1. The van der Waals surface area contributed by atoms with Crippen molar-refractivity contribution in [1.29, 1.82) is 0 Å². The molecule has 2 aromatic carbocycles. The second-order valence-corrected chi connectivity index (χ2v) is 7.70. The van der Waals surface area contributed by atoms with Crippen molar-refractivity contribution in [3.05, 3.63) is 88.1 Å². The van der Waals surface area contributed by atoms with Crippen LogP contribution in [0.25, 0.3) is 17.0 Å². The molecule has 1 fully saturated rings. The van der Waals surface area contributed by atoms with Gasteiger partial charge < -0.3 is 4.57 Å². The van der Waals surface area contributed by atoms with E-state index in [1.807, 2.05) is 69.4 Å². The van der Waals surface area contributed by atoms with Crippen molar-refractivity contribution < 1.29 is 9.59 Å². The van der Waals surface area contributed by atoms with Crippen molar-refractivity contribution in [2.45, 2.75) is 27.3 Å². The summed E-state index contributed by atoms with van der Waals surface area (Å²) >= 11 is 0. The zero-order valence-corrected chi connectivity index (χ0v) is 17.2. The maximum atomic E-state index is 13.3. The normalized spacial score (nSPS) is 15.8. The molecule has 146 valence electrons. The van der Waals surface area contributed by atoms with E-state index >= 15 is 0 Å². The second kappa shape index (κ2) is 7.21. The number of imide groups is 1. The van der Waals surface area contributed by atoms with E-state index in [1.165, 1.54) is 4.90 Å². The average Bonchev–Trinajstić information content (AvgIpc) is 3.09. The first-order valence-corrected chi connectivity index (χ1v) is 9.74. The number of aromatic nitrogens is 1. The Kier molecular flexibility index (Phi) is 4.71. The molecule has 0 atom stereocenters. The summed E-state index contributed by atoms with van der Waals surface area (Å²) in [5.74, 6) is -0.457. The van der Waals surface area contributed by atoms with Crippen molar-refractivity contribution in [1.82, 2.24) is 9.47 Å². The van der Waals surface area contributed by atoms with Gasteiger partial charge in [-0.15, -0.1) is 0 Å². The molecular weight excluding hydrogens is 360 g/mol. The first-order chi connectivity index (χ1) is 13.9. The molecule has 4 nitrogen and oxygen atoms in total. The number of allylic oxidation sites excluding steroid dienone is 1. The van der Waals surface area contributed by atoms with Gasteiger partial charge in [-0.3, -0.25) is 14.5 Å². The summed E-state index contributed by atoms with van der Waals surface area (Å²) in [5, 5.41) is 1.15. The largest absolute Gasteiger partial charge is 0.344 e. The zero-order chi connectivity index (χ0) is 20.7. The van der Waals surface area contributed by atoms with Crippen LogP contribution in [-0.2, 0) is 23.2 Å². The fourth-order valence-corrected chi connectivity index (χ4v) is 4.07. The number of likely N-dealkylation sites (tertiary alicyclic amines) is 1. The molecule has 0 N–H and O–H groups in total. The van der Waals surface area contributed by atoms with Crippen LogP contribution in [0.5, 0.6) is 0 Å². The predicted octanol–water partition coefficient (Wildman–Crippen LogP) is 4.78. The van der Waals surface area contributed by atoms with Crippen LogP contribution in [-0.4, -0.2) is 21.3 Å². The van der Waals surface area contributed by atoms with E-state index < -0.39 is 0 Å². The number of nitrogens with zero attached hydrogens (tertiary/aromatic N) is 2. The van der Waals surface area contributed by atoms with Crippen molar-refractivity contribution in [3.8, 4) is 0 Å². The summed E-state index contributed by atoms with van der Waals surface area (Å²) in [4.78, 5) is 27.7. The van der Waals surface area contributed by atoms with Gasteiger partial charge in [-0.05, 0) is 44.0 Å². The zero-order valence-electron chi connectivity index (χ0n) is 17.2. The number of carbonyl (C=O) groups excluding carboxylic acids is 2. The number of hydrogen-bond donors (Lipinski definition) is 0. The van der Waals surface area contributed by atoms with E-state index in [0.717, 1.165) is 33.3 Å². The molecule has 0 saturated carbocycles.